The Bertz CT molecular complexity index is 48.8. The quantitative estimate of drug-likeness (QED) is 0.701. The molecule has 6 heavy (non-hydrogen) atoms. The van der Waals surface area contributed by atoms with Gasteiger partial charge in [-0.25, -0.2) is 0 Å². The summed E-state index contributed by atoms with van der Waals surface area (Å²) in [5.41, 5.74) is 0. The fourth-order valence-corrected chi connectivity index (χ4v) is 0.591. The monoisotopic (exact) mass is 256 g/mol. The molecule has 0 rings (SSSR count). The van der Waals surface area contributed by atoms with Crippen LogP contribution in [0, 0.1) is 0 Å². The first-order valence-electron chi connectivity index (χ1n) is 1.72. The van der Waals surface area contributed by atoms with Crippen molar-refractivity contribution in [1.82, 2.24) is 3.88 Å². The molecule has 35 valence electrons. The minimum absolute atomic E-state index is 0.130. The van der Waals surface area contributed by atoms with Crippen molar-refractivity contribution in [3.8, 4) is 0 Å². The molecular formula is C3H6NOW. The Morgan fingerprint density at radius 3 is 2.50 bits per heavy atom. The number of hydrogen-bond donors (Lipinski definition) is 1. The molecule has 0 spiro atoms. The van der Waals surface area contributed by atoms with Crippen LogP contribution in [0.2, 0.25) is 0 Å². The van der Waals surface area contributed by atoms with E-state index in [4.69, 9.17) is 0 Å². The van der Waals surface area contributed by atoms with E-state index < -0.39 is 0 Å². The van der Waals surface area contributed by atoms with E-state index in [-0.39, 0.29) is 5.91 Å². The van der Waals surface area contributed by atoms with Gasteiger partial charge in [-0.3, -0.25) is 0 Å². The summed E-state index contributed by atoms with van der Waals surface area (Å²) in [5.74, 6) is 0.130. The van der Waals surface area contributed by atoms with E-state index in [1.165, 1.54) is 0 Å². The molecule has 0 aliphatic heterocycles. The van der Waals surface area contributed by atoms with E-state index in [0.717, 1.165) is 20.1 Å². The minimum atomic E-state index is 0.130. The number of carbonyl (C=O) groups excluding carboxylic acids is 1. The van der Waals surface area contributed by atoms with E-state index in [0.29, 0.717) is 6.42 Å². The Morgan fingerprint density at radius 1 is 2.00 bits per heavy atom. The third kappa shape index (κ3) is 2.40. The second-order valence-corrected chi connectivity index (χ2v) is 1.61. The Balaban J connectivity index is 2.99. The maximum absolute atomic E-state index is 10.1. The summed E-state index contributed by atoms with van der Waals surface area (Å²) in [6.07, 6.45) is 0.601. The van der Waals surface area contributed by atoms with Crippen molar-refractivity contribution in [3.63, 3.8) is 0 Å². The summed E-state index contributed by atoms with van der Waals surface area (Å²) >= 11 is 1.12. The molecule has 0 aromatic rings. The van der Waals surface area contributed by atoms with Crippen LogP contribution in [-0.2, 0) is 24.9 Å². The van der Waals surface area contributed by atoms with Crippen LogP contribution in [-0.4, -0.2) is 5.91 Å². The van der Waals surface area contributed by atoms with E-state index in [1.54, 1.807) is 0 Å². The molecule has 3 heteroatoms. The fraction of sp³-hybridized carbons (Fsp3) is 0.667. The summed E-state index contributed by atoms with van der Waals surface area (Å²) in [6.45, 7) is 1.83. The van der Waals surface area contributed by atoms with Crippen LogP contribution in [0.3, 0.4) is 0 Å². The van der Waals surface area contributed by atoms with Gasteiger partial charge in [-0.05, 0) is 0 Å². The van der Waals surface area contributed by atoms with Crippen molar-refractivity contribution in [2.45, 2.75) is 13.3 Å². The summed E-state index contributed by atoms with van der Waals surface area (Å²) in [5, 5.41) is 0. The Hall–Kier alpha value is 0.158. The first kappa shape index (κ1) is 6.16. The summed E-state index contributed by atoms with van der Waals surface area (Å²) < 4.78 is 2.56. The average Bonchev–Trinajstić information content (AvgIpc) is 1.65. The Kier molecular flexibility index (Phi) is 3.44. The maximum atomic E-state index is 10.1. The zero-order valence-electron chi connectivity index (χ0n) is 3.52. The molecule has 1 N–H and O–H groups in total. The van der Waals surface area contributed by atoms with Crippen LogP contribution in [0.15, 0.2) is 0 Å². The fourth-order valence-electron chi connectivity index (χ4n) is 0.0722. The van der Waals surface area contributed by atoms with Gasteiger partial charge in [0.25, 0.3) is 0 Å². The van der Waals surface area contributed by atoms with Crippen molar-refractivity contribution in [2.75, 3.05) is 0 Å². The van der Waals surface area contributed by atoms with Crippen molar-refractivity contribution in [3.05, 3.63) is 0 Å². The molecule has 0 aromatic heterocycles. The topological polar surface area (TPSA) is 29.1 Å². The van der Waals surface area contributed by atoms with Gasteiger partial charge >= 0.3 is 48.0 Å². The van der Waals surface area contributed by atoms with Crippen LogP contribution in [0.4, 0.5) is 0 Å². The molecule has 2 nitrogen and oxygen atoms in total. The first-order chi connectivity index (χ1) is 2.81. The standard InChI is InChI=1S/C3H7NO.W/c1-2-3(4)5;/h2H2,1H3,(H2,4,5);/q;+1/p-1. The third-order valence-electron chi connectivity index (χ3n) is 0.435. The molecule has 0 unspecified atom stereocenters. The molecule has 0 fully saturated rings. The van der Waals surface area contributed by atoms with Crippen LogP contribution < -0.4 is 3.88 Å². The molecule has 0 radical (unpaired) electrons. The van der Waals surface area contributed by atoms with Crippen molar-refractivity contribution in [1.29, 1.82) is 0 Å². The summed E-state index contributed by atoms with van der Waals surface area (Å²) in [4.78, 5) is 10.1. The van der Waals surface area contributed by atoms with Gasteiger partial charge in [0.15, 0.2) is 0 Å². The molecule has 0 saturated carbocycles. The number of amides is 1. The van der Waals surface area contributed by atoms with Gasteiger partial charge in [0.1, 0.15) is 0 Å². The number of carbonyl (C=O) groups is 1. The first-order valence-corrected chi connectivity index (χ1v) is 3.19. The van der Waals surface area contributed by atoms with Crippen molar-refractivity contribution < 1.29 is 24.9 Å². The second-order valence-electron chi connectivity index (χ2n) is 0.879. The van der Waals surface area contributed by atoms with Crippen LogP contribution >= 0.6 is 0 Å². The Morgan fingerprint density at radius 2 is 2.50 bits per heavy atom. The van der Waals surface area contributed by atoms with Crippen molar-refractivity contribution >= 4 is 5.91 Å². The average molecular weight is 256 g/mol. The van der Waals surface area contributed by atoms with Crippen LogP contribution in [0.5, 0.6) is 0 Å². The molecule has 0 heterocycles. The second kappa shape index (κ2) is 3.35. The predicted octanol–water partition coefficient (Wildman–Crippen LogP) is -0.0256. The van der Waals surface area contributed by atoms with Gasteiger partial charge in [-0.15, -0.1) is 0 Å². The zero-order valence-corrected chi connectivity index (χ0v) is 6.46. The van der Waals surface area contributed by atoms with E-state index >= 15 is 0 Å². The Labute approximate surface area is 48.5 Å². The van der Waals surface area contributed by atoms with Gasteiger partial charge < -0.3 is 0 Å². The van der Waals surface area contributed by atoms with E-state index in [2.05, 4.69) is 3.88 Å². The molecular weight excluding hydrogens is 250 g/mol. The summed E-state index contributed by atoms with van der Waals surface area (Å²) in [7, 11) is 0. The van der Waals surface area contributed by atoms with Gasteiger partial charge in [-0.2, -0.15) is 0 Å². The predicted molar refractivity (Wildman–Crippen MR) is 18.4 cm³/mol. The van der Waals surface area contributed by atoms with Gasteiger partial charge in [0.2, 0.25) is 0 Å². The number of nitrogens with one attached hydrogen (secondary N) is 1. The molecule has 0 aliphatic rings. The number of hydrogen-bond acceptors (Lipinski definition) is 1. The van der Waals surface area contributed by atoms with Crippen LogP contribution in [0.25, 0.3) is 0 Å². The molecule has 0 aliphatic carbocycles. The van der Waals surface area contributed by atoms with Crippen LogP contribution in [0.1, 0.15) is 13.3 Å². The molecule has 0 atom stereocenters. The van der Waals surface area contributed by atoms with Gasteiger partial charge in [0, 0.05) is 0 Å². The molecule has 0 bridgehead atoms. The van der Waals surface area contributed by atoms with E-state index in [9.17, 15) is 4.79 Å². The number of rotatable bonds is 1. The normalized spacial score (nSPS) is 7.50. The molecule has 0 aromatic carbocycles. The third-order valence-corrected chi connectivity index (χ3v) is 1.25. The molecule has 1 amide bonds. The van der Waals surface area contributed by atoms with Gasteiger partial charge in [0.05, 0.1) is 0 Å². The molecule has 0 saturated heterocycles. The van der Waals surface area contributed by atoms with Gasteiger partial charge in [-0.1, -0.05) is 0 Å². The zero-order chi connectivity index (χ0) is 4.99. The SMILES string of the molecule is CCC(=O)[NH][W]. The van der Waals surface area contributed by atoms with Crippen molar-refractivity contribution in [2.24, 2.45) is 0 Å². The summed E-state index contributed by atoms with van der Waals surface area (Å²) in [6, 6.07) is 0. The van der Waals surface area contributed by atoms with E-state index in [1.807, 2.05) is 6.92 Å².